The van der Waals surface area contributed by atoms with Crippen LogP contribution in [0, 0.1) is 0 Å². The van der Waals surface area contributed by atoms with Crippen LogP contribution in [-0.2, 0) is 9.59 Å². The quantitative estimate of drug-likeness (QED) is 0.848. The van der Waals surface area contributed by atoms with Gasteiger partial charge in [-0.3, -0.25) is 9.59 Å². The molecule has 0 spiro atoms. The summed E-state index contributed by atoms with van der Waals surface area (Å²) in [6, 6.07) is 11.8. The van der Waals surface area contributed by atoms with Crippen LogP contribution in [0.5, 0.6) is 0 Å². The highest BCUT2D eigenvalue weighted by Crippen LogP contribution is 2.20. The number of nitrogens with zero attached hydrogens (tertiary/aromatic N) is 1. The number of amides is 2. The summed E-state index contributed by atoms with van der Waals surface area (Å²) < 4.78 is 0. The van der Waals surface area contributed by atoms with Crippen LogP contribution in [0.15, 0.2) is 42.5 Å². The zero-order valence-corrected chi connectivity index (χ0v) is 13.7. The molecule has 0 heterocycles. The molecular weight excluding hydrogens is 308 g/mol. The van der Waals surface area contributed by atoms with Crippen LogP contribution >= 0.6 is 0 Å². The third kappa shape index (κ3) is 3.90. The highest BCUT2D eigenvalue weighted by Gasteiger charge is 2.27. The second-order valence-corrected chi connectivity index (χ2v) is 5.52. The Kier molecular flexibility index (Phi) is 5.52. The van der Waals surface area contributed by atoms with Gasteiger partial charge >= 0.3 is 5.97 Å². The minimum absolute atomic E-state index is 0.120. The molecule has 2 rings (SSSR count). The van der Waals surface area contributed by atoms with Gasteiger partial charge in [-0.25, -0.2) is 4.79 Å². The summed E-state index contributed by atoms with van der Waals surface area (Å²) in [5.41, 5.74) is 0.448. The van der Waals surface area contributed by atoms with Gasteiger partial charge in [-0.05, 0) is 23.8 Å². The monoisotopic (exact) mass is 328 g/mol. The summed E-state index contributed by atoms with van der Waals surface area (Å²) in [5, 5.41) is 13.6. The Bertz CT molecular complexity index is 767. The fourth-order valence-corrected chi connectivity index (χ4v) is 2.52. The van der Waals surface area contributed by atoms with E-state index in [0.717, 1.165) is 10.8 Å². The van der Waals surface area contributed by atoms with Gasteiger partial charge in [0.2, 0.25) is 5.91 Å². The summed E-state index contributed by atoms with van der Waals surface area (Å²) in [7, 11) is 0. The normalized spacial score (nSPS) is 11.8. The second kappa shape index (κ2) is 7.59. The summed E-state index contributed by atoms with van der Waals surface area (Å²) in [6.07, 6.45) is 0. The summed E-state index contributed by atoms with van der Waals surface area (Å²) in [6.45, 7) is 3.15. The molecule has 0 aromatic heterocycles. The number of hydrogen-bond acceptors (Lipinski definition) is 3. The first-order chi connectivity index (χ1) is 11.4. The van der Waals surface area contributed by atoms with Crippen LogP contribution < -0.4 is 5.32 Å². The van der Waals surface area contributed by atoms with Crippen molar-refractivity contribution in [1.82, 2.24) is 10.2 Å². The number of carbonyl (C=O) groups is 3. The number of rotatable bonds is 6. The fraction of sp³-hybridized carbons (Fsp3) is 0.278. The number of carbonyl (C=O) groups excluding carboxylic acids is 2. The number of benzene rings is 2. The van der Waals surface area contributed by atoms with E-state index in [1.807, 2.05) is 30.3 Å². The lowest BCUT2D eigenvalue weighted by Gasteiger charge is -2.27. The molecule has 0 saturated carbocycles. The maximum Gasteiger partial charge on any atom is 0.326 e. The smallest absolute Gasteiger partial charge is 0.326 e. The first-order valence-electron chi connectivity index (χ1n) is 7.67. The lowest BCUT2D eigenvalue weighted by molar-refractivity contribution is -0.141. The van der Waals surface area contributed by atoms with Crippen LogP contribution in [0.25, 0.3) is 10.8 Å². The standard InChI is InChI=1S/C18H20N2O4/c1-12(18(23)24)20(11-10-19-13(2)21)17(22)16-9-5-7-14-6-3-4-8-15(14)16/h3-9,12H,10-11H2,1-2H3,(H,19,21)(H,23,24). The summed E-state index contributed by atoms with van der Waals surface area (Å²) in [5.74, 6) is -1.69. The van der Waals surface area contributed by atoms with Crippen LogP contribution in [0.1, 0.15) is 24.2 Å². The van der Waals surface area contributed by atoms with E-state index in [4.69, 9.17) is 0 Å². The molecule has 2 aromatic rings. The van der Waals surface area contributed by atoms with Crippen molar-refractivity contribution in [3.63, 3.8) is 0 Å². The Labute approximate surface area is 140 Å². The molecule has 2 amide bonds. The topological polar surface area (TPSA) is 86.7 Å². The predicted molar refractivity (Wildman–Crippen MR) is 90.8 cm³/mol. The van der Waals surface area contributed by atoms with Crippen molar-refractivity contribution in [3.8, 4) is 0 Å². The lowest BCUT2D eigenvalue weighted by Crippen LogP contribution is -2.46. The molecule has 0 fully saturated rings. The number of carboxylic acids is 1. The van der Waals surface area contributed by atoms with E-state index in [9.17, 15) is 19.5 Å². The molecule has 24 heavy (non-hydrogen) atoms. The van der Waals surface area contributed by atoms with Gasteiger partial charge < -0.3 is 15.3 Å². The Balaban J connectivity index is 2.35. The van der Waals surface area contributed by atoms with Crippen LogP contribution in [0.2, 0.25) is 0 Å². The first-order valence-corrected chi connectivity index (χ1v) is 7.67. The molecule has 6 nitrogen and oxygen atoms in total. The van der Waals surface area contributed by atoms with E-state index in [1.54, 1.807) is 12.1 Å². The predicted octanol–water partition coefficient (Wildman–Crippen LogP) is 1.89. The highest BCUT2D eigenvalue weighted by molar-refractivity contribution is 6.07. The van der Waals surface area contributed by atoms with Crippen molar-refractivity contribution in [2.45, 2.75) is 19.9 Å². The Morgan fingerprint density at radius 3 is 2.46 bits per heavy atom. The van der Waals surface area contributed by atoms with Gasteiger partial charge in [-0.15, -0.1) is 0 Å². The molecule has 0 radical (unpaired) electrons. The minimum Gasteiger partial charge on any atom is -0.480 e. The molecule has 0 aliphatic rings. The molecular formula is C18H20N2O4. The van der Waals surface area contributed by atoms with E-state index < -0.39 is 12.0 Å². The third-order valence-corrected chi connectivity index (χ3v) is 3.83. The van der Waals surface area contributed by atoms with Gasteiger partial charge in [0.25, 0.3) is 5.91 Å². The van der Waals surface area contributed by atoms with E-state index in [1.165, 1.54) is 18.7 Å². The Morgan fingerprint density at radius 1 is 1.12 bits per heavy atom. The van der Waals surface area contributed by atoms with Crippen LogP contribution in [0.4, 0.5) is 0 Å². The van der Waals surface area contributed by atoms with Crippen LogP contribution in [0.3, 0.4) is 0 Å². The van der Waals surface area contributed by atoms with Crippen LogP contribution in [-0.4, -0.2) is 46.9 Å². The number of carboxylic acid groups (broad SMARTS) is 1. The molecule has 0 aliphatic heterocycles. The number of aliphatic carboxylic acids is 1. The van der Waals surface area contributed by atoms with Crippen molar-refractivity contribution in [2.75, 3.05) is 13.1 Å². The number of fused-ring (bicyclic) bond motifs is 1. The van der Waals surface area contributed by atoms with E-state index in [2.05, 4.69) is 5.32 Å². The average Bonchev–Trinajstić information content (AvgIpc) is 2.56. The third-order valence-electron chi connectivity index (χ3n) is 3.83. The molecule has 6 heteroatoms. The van der Waals surface area contributed by atoms with Crippen molar-refractivity contribution >= 4 is 28.6 Å². The zero-order chi connectivity index (χ0) is 17.7. The van der Waals surface area contributed by atoms with Gasteiger partial charge in [0, 0.05) is 25.6 Å². The Hall–Kier alpha value is -2.89. The molecule has 1 atom stereocenters. The molecule has 2 N–H and O–H groups in total. The molecule has 126 valence electrons. The second-order valence-electron chi connectivity index (χ2n) is 5.52. The van der Waals surface area contributed by atoms with Gasteiger partial charge in [0.1, 0.15) is 6.04 Å². The van der Waals surface area contributed by atoms with Gasteiger partial charge in [0.15, 0.2) is 0 Å². The van der Waals surface area contributed by atoms with E-state index >= 15 is 0 Å². The average molecular weight is 328 g/mol. The lowest BCUT2D eigenvalue weighted by atomic mass is 10.0. The first kappa shape index (κ1) is 17.5. The van der Waals surface area contributed by atoms with Crippen molar-refractivity contribution < 1.29 is 19.5 Å². The zero-order valence-electron chi connectivity index (χ0n) is 13.7. The SMILES string of the molecule is CC(=O)NCCN(C(=O)c1cccc2ccccc12)C(C)C(=O)O. The van der Waals surface area contributed by atoms with E-state index in [0.29, 0.717) is 5.56 Å². The van der Waals surface area contributed by atoms with Gasteiger partial charge in [-0.1, -0.05) is 36.4 Å². The largest absolute Gasteiger partial charge is 0.480 e. The molecule has 0 saturated heterocycles. The molecule has 2 aromatic carbocycles. The molecule has 0 aliphatic carbocycles. The van der Waals surface area contributed by atoms with Gasteiger partial charge in [-0.2, -0.15) is 0 Å². The molecule has 1 unspecified atom stereocenters. The Morgan fingerprint density at radius 2 is 1.79 bits per heavy atom. The summed E-state index contributed by atoms with van der Waals surface area (Å²) in [4.78, 5) is 36.6. The summed E-state index contributed by atoms with van der Waals surface area (Å²) >= 11 is 0. The maximum atomic E-state index is 12.9. The maximum absolute atomic E-state index is 12.9. The minimum atomic E-state index is -1.09. The molecule has 0 bridgehead atoms. The van der Waals surface area contributed by atoms with Crippen molar-refractivity contribution in [3.05, 3.63) is 48.0 Å². The number of hydrogen-bond donors (Lipinski definition) is 2. The highest BCUT2D eigenvalue weighted by atomic mass is 16.4. The van der Waals surface area contributed by atoms with Crippen molar-refractivity contribution in [1.29, 1.82) is 0 Å². The number of nitrogens with one attached hydrogen (secondary N) is 1. The van der Waals surface area contributed by atoms with Crippen molar-refractivity contribution in [2.24, 2.45) is 0 Å². The van der Waals surface area contributed by atoms with E-state index in [-0.39, 0.29) is 24.9 Å². The fourth-order valence-electron chi connectivity index (χ4n) is 2.52. The van der Waals surface area contributed by atoms with Gasteiger partial charge in [0.05, 0.1) is 0 Å².